The fourth-order valence-electron chi connectivity index (χ4n) is 2.40. The van der Waals surface area contributed by atoms with Crippen LogP contribution in [-0.4, -0.2) is 22.0 Å². The number of anilines is 1. The van der Waals surface area contributed by atoms with E-state index in [4.69, 9.17) is 0 Å². The largest absolute Gasteiger partial charge is 0.348 e. The van der Waals surface area contributed by atoms with Crippen LogP contribution >= 0.6 is 0 Å². The minimum absolute atomic E-state index is 0.154. The molecule has 5 nitrogen and oxygen atoms in total. The molecule has 1 aliphatic rings. The number of urea groups is 1. The molecule has 0 unspecified atom stereocenters. The lowest BCUT2D eigenvalue weighted by molar-refractivity contribution is 0.247. The van der Waals surface area contributed by atoms with Gasteiger partial charge in [-0.25, -0.2) is 9.78 Å². The van der Waals surface area contributed by atoms with Gasteiger partial charge in [-0.15, -0.1) is 0 Å². The SMILES string of the molecule is O=C(Nc1ccccc1)N[C@@H]1CCc2nc[nH]c2C1. The molecule has 0 fully saturated rings. The molecule has 1 atom stereocenters. The number of amides is 2. The Balaban J connectivity index is 1.56. The number of fused-ring (bicyclic) bond motifs is 1. The number of aryl methyl sites for hydroxylation is 1. The molecule has 1 aliphatic carbocycles. The molecular formula is C14H16N4O. The Kier molecular flexibility index (Phi) is 3.18. The Morgan fingerprint density at radius 2 is 2.16 bits per heavy atom. The van der Waals surface area contributed by atoms with Crippen molar-refractivity contribution in [2.24, 2.45) is 0 Å². The second-order valence-corrected chi connectivity index (χ2v) is 4.73. The third-order valence-electron chi connectivity index (χ3n) is 3.35. The number of carbonyl (C=O) groups is 1. The van der Waals surface area contributed by atoms with Crippen LogP contribution in [0.4, 0.5) is 10.5 Å². The van der Waals surface area contributed by atoms with Crippen molar-refractivity contribution in [1.82, 2.24) is 15.3 Å². The summed E-state index contributed by atoms with van der Waals surface area (Å²) in [5.41, 5.74) is 3.07. The normalized spacial score (nSPS) is 17.6. The molecule has 0 radical (unpaired) electrons. The molecular weight excluding hydrogens is 240 g/mol. The molecule has 2 aromatic rings. The van der Waals surface area contributed by atoms with Crippen LogP contribution in [0.3, 0.4) is 0 Å². The molecule has 98 valence electrons. The van der Waals surface area contributed by atoms with E-state index in [2.05, 4.69) is 20.6 Å². The van der Waals surface area contributed by atoms with E-state index in [1.807, 2.05) is 30.3 Å². The van der Waals surface area contributed by atoms with Crippen molar-refractivity contribution >= 4 is 11.7 Å². The molecule has 2 amide bonds. The Bertz CT molecular complexity index is 564. The number of carbonyl (C=O) groups excluding carboxylic acids is 1. The van der Waals surface area contributed by atoms with Crippen molar-refractivity contribution in [2.45, 2.75) is 25.3 Å². The number of para-hydroxylation sites is 1. The van der Waals surface area contributed by atoms with Gasteiger partial charge in [0.1, 0.15) is 0 Å². The maximum atomic E-state index is 11.9. The lowest BCUT2D eigenvalue weighted by Crippen LogP contribution is -2.41. The van der Waals surface area contributed by atoms with Crippen molar-refractivity contribution in [2.75, 3.05) is 5.32 Å². The number of aromatic amines is 1. The van der Waals surface area contributed by atoms with Gasteiger partial charge in [0, 0.05) is 23.8 Å². The Morgan fingerprint density at radius 3 is 3.00 bits per heavy atom. The van der Waals surface area contributed by atoms with E-state index in [0.29, 0.717) is 0 Å². The Hall–Kier alpha value is -2.30. The van der Waals surface area contributed by atoms with Crippen molar-refractivity contribution in [3.63, 3.8) is 0 Å². The van der Waals surface area contributed by atoms with Gasteiger partial charge in [0.2, 0.25) is 0 Å². The third-order valence-corrected chi connectivity index (χ3v) is 3.35. The lowest BCUT2D eigenvalue weighted by atomic mass is 9.96. The fraction of sp³-hybridized carbons (Fsp3) is 0.286. The summed E-state index contributed by atoms with van der Waals surface area (Å²) in [6, 6.07) is 9.46. The number of rotatable bonds is 2. The zero-order chi connectivity index (χ0) is 13.1. The molecule has 0 spiro atoms. The van der Waals surface area contributed by atoms with E-state index in [0.717, 1.165) is 36.3 Å². The van der Waals surface area contributed by atoms with Gasteiger partial charge in [0.25, 0.3) is 0 Å². The van der Waals surface area contributed by atoms with Crippen molar-refractivity contribution in [3.05, 3.63) is 48.0 Å². The van der Waals surface area contributed by atoms with E-state index < -0.39 is 0 Å². The smallest absolute Gasteiger partial charge is 0.319 e. The van der Waals surface area contributed by atoms with Crippen molar-refractivity contribution < 1.29 is 4.79 Å². The van der Waals surface area contributed by atoms with Gasteiger partial charge in [-0.3, -0.25) is 0 Å². The van der Waals surface area contributed by atoms with Gasteiger partial charge >= 0.3 is 6.03 Å². The predicted octanol–water partition coefficient (Wildman–Crippen LogP) is 2.09. The van der Waals surface area contributed by atoms with Crippen LogP contribution in [-0.2, 0) is 12.8 Å². The van der Waals surface area contributed by atoms with Crippen LogP contribution < -0.4 is 10.6 Å². The van der Waals surface area contributed by atoms with Crippen LogP contribution in [0, 0.1) is 0 Å². The van der Waals surface area contributed by atoms with E-state index in [1.165, 1.54) is 0 Å². The minimum atomic E-state index is -0.154. The van der Waals surface area contributed by atoms with Gasteiger partial charge in [-0.2, -0.15) is 0 Å². The van der Waals surface area contributed by atoms with Crippen molar-refractivity contribution in [3.8, 4) is 0 Å². The summed E-state index contributed by atoms with van der Waals surface area (Å²) in [5, 5.41) is 5.83. The molecule has 0 saturated carbocycles. The molecule has 1 aromatic carbocycles. The first-order valence-corrected chi connectivity index (χ1v) is 6.45. The first kappa shape index (κ1) is 11.8. The molecule has 1 aromatic heterocycles. The van der Waals surface area contributed by atoms with E-state index >= 15 is 0 Å². The summed E-state index contributed by atoms with van der Waals surface area (Å²) in [7, 11) is 0. The topological polar surface area (TPSA) is 69.8 Å². The van der Waals surface area contributed by atoms with E-state index in [9.17, 15) is 4.79 Å². The zero-order valence-electron chi connectivity index (χ0n) is 10.5. The van der Waals surface area contributed by atoms with Gasteiger partial charge in [-0.1, -0.05) is 18.2 Å². The molecule has 19 heavy (non-hydrogen) atoms. The van der Waals surface area contributed by atoms with Crippen molar-refractivity contribution in [1.29, 1.82) is 0 Å². The van der Waals surface area contributed by atoms with Crippen LogP contribution in [0.2, 0.25) is 0 Å². The number of nitrogens with zero attached hydrogens (tertiary/aromatic N) is 1. The average Bonchev–Trinajstić information content (AvgIpc) is 2.87. The summed E-state index contributed by atoms with van der Waals surface area (Å²) in [6.45, 7) is 0. The molecule has 0 saturated heterocycles. The molecule has 5 heteroatoms. The number of imidazole rings is 1. The maximum Gasteiger partial charge on any atom is 0.319 e. The minimum Gasteiger partial charge on any atom is -0.348 e. The summed E-state index contributed by atoms with van der Waals surface area (Å²) >= 11 is 0. The summed E-state index contributed by atoms with van der Waals surface area (Å²) in [6.07, 6.45) is 4.38. The highest BCUT2D eigenvalue weighted by Gasteiger charge is 2.21. The number of nitrogens with one attached hydrogen (secondary N) is 3. The Labute approximate surface area is 111 Å². The Morgan fingerprint density at radius 1 is 1.32 bits per heavy atom. The number of hydrogen-bond acceptors (Lipinski definition) is 2. The zero-order valence-corrected chi connectivity index (χ0v) is 10.5. The van der Waals surface area contributed by atoms with E-state index in [-0.39, 0.29) is 12.1 Å². The van der Waals surface area contributed by atoms with Gasteiger partial charge in [-0.05, 0) is 25.0 Å². The monoisotopic (exact) mass is 256 g/mol. The van der Waals surface area contributed by atoms with Crippen LogP contribution in [0.1, 0.15) is 17.8 Å². The average molecular weight is 256 g/mol. The first-order valence-electron chi connectivity index (χ1n) is 6.45. The fourth-order valence-corrected chi connectivity index (χ4v) is 2.40. The predicted molar refractivity (Wildman–Crippen MR) is 73.0 cm³/mol. The number of aromatic nitrogens is 2. The highest BCUT2D eigenvalue weighted by atomic mass is 16.2. The maximum absolute atomic E-state index is 11.9. The van der Waals surface area contributed by atoms with Gasteiger partial charge in [0.05, 0.1) is 12.0 Å². The van der Waals surface area contributed by atoms with Gasteiger partial charge in [0.15, 0.2) is 0 Å². The van der Waals surface area contributed by atoms with E-state index in [1.54, 1.807) is 6.33 Å². The molecule has 0 aliphatic heterocycles. The molecule has 3 N–H and O–H groups in total. The highest BCUT2D eigenvalue weighted by Crippen LogP contribution is 2.17. The molecule has 0 bridgehead atoms. The first-order chi connectivity index (χ1) is 9.31. The standard InChI is InChI=1S/C14H16N4O/c19-14(17-10-4-2-1-3-5-10)18-11-6-7-12-13(8-11)16-9-15-12/h1-5,9,11H,6-8H2,(H,15,16)(H2,17,18,19)/t11-/m1/s1. The quantitative estimate of drug-likeness (QED) is 0.770. The number of H-pyrrole nitrogens is 1. The van der Waals surface area contributed by atoms with Crippen LogP contribution in [0.5, 0.6) is 0 Å². The summed E-state index contributed by atoms with van der Waals surface area (Å²) in [4.78, 5) is 19.3. The third kappa shape index (κ3) is 2.76. The second kappa shape index (κ2) is 5.14. The molecule has 1 heterocycles. The van der Waals surface area contributed by atoms with Gasteiger partial charge < -0.3 is 15.6 Å². The van der Waals surface area contributed by atoms with Crippen LogP contribution in [0.15, 0.2) is 36.7 Å². The number of benzene rings is 1. The highest BCUT2D eigenvalue weighted by molar-refractivity contribution is 5.89. The molecule has 3 rings (SSSR count). The lowest BCUT2D eigenvalue weighted by Gasteiger charge is -2.22. The number of hydrogen-bond donors (Lipinski definition) is 3. The summed E-state index contributed by atoms with van der Waals surface area (Å²) < 4.78 is 0. The van der Waals surface area contributed by atoms with Crippen LogP contribution in [0.25, 0.3) is 0 Å². The second-order valence-electron chi connectivity index (χ2n) is 4.73. The summed E-state index contributed by atoms with van der Waals surface area (Å²) in [5.74, 6) is 0.